The minimum absolute atomic E-state index is 0.0460. The molecule has 0 aliphatic carbocycles. The minimum atomic E-state index is -4.33. The number of alkyl carbamates (subject to hydrolysis) is 1. The minimum Gasteiger partial charge on any atom is -0.445 e. The lowest BCUT2D eigenvalue weighted by atomic mass is 10.2. The van der Waals surface area contributed by atoms with Gasteiger partial charge in [-0.2, -0.15) is 0 Å². The summed E-state index contributed by atoms with van der Waals surface area (Å²) in [6.45, 7) is 0.438. The summed E-state index contributed by atoms with van der Waals surface area (Å²) in [6.07, 6.45) is -0.950. The van der Waals surface area contributed by atoms with Gasteiger partial charge in [0, 0.05) is 6.54 Å². The predicted molar refractivity (Wildman–Crippen MR) is 91.4 cm³/mol. The Kier molecular flexibility index (Phi) is 9.35. The Labute approximate surface area is 146 Å². The highest BCUT2D eigenvalue weighted by Gasteiger charge is 2.24. The number of benzene rings is 1. The van der Waals surface area contributed by atoms with E-state index in [2.05, 4.69) is 5.32 Å². The van der Waals surface area contributed by atoms with Crippen LogP contribution in [0.15, 0.2) is 30.3 Å². The third kappa shape index (κ3) is 11.9. The molecule has 1 aromatic rings. The summed E-state index contributed by atoms with van der Waals surface area (Å²) in [4.78, 5) is 38.2. The fourth-order valence-electron chi connectivity index (χ4n) is 1.72. The number of unbranched alkanes of at least 4 members (excludes halogenated alkanes) is 1. The molecule has 4 N–H and O–H groups in total. The van der Waals surface area contributed by atoms with E-state index in [1.807, 2.05) is 30.3 Å². The molecule has 0 aliphatic heterocycles. The monoisotopic (exact) mass is 395 g/mol. The molecule has 1 rings (SSSR count). The molecular formula is C14H23NO8P2. The van der Waals surface area contributed by atoms with Crippen molar-refractivity contribution in [2.24, 2.45) is 0 Å². The van der Waals surface area contributed by atoms with Crippen molar-refractivity contribution < 1.29 is 37.9 Å². The summed E-state index contributed by atoms with van der Waals surface area (Å²) in [5.41, 5.74) is 0.875. The molecule has 0 aromatic heterocycles. The van der Waals surface area contributed by atoms with Crippen molar-refractivity contribution >= 4 is 21.3 Å². The van der Waals surface area contributed by atoms with Crippen LogP contribution in [0.1, 0.15) is 18.4 Å². The third-order valence-electron chi connectivity index (χ3n) is 3.02. The predicted octanol–water partition coefficient (Wildman–Crippen LogP) is 2.07. The Hall–Kier alpha value is -1.21. The maximum absolute atomic E-state index is 11.5. The van der Waals surface area contributed by atoms with E-state index in [0.717, 1.165) is 5.56 Å². The normalized spacial score (nSPS) is 13.9. The van der Waals surface area contributed by atoms with Gasteiger partial charge in [-0.15, -0.1) is 0 Å². The van der Waals surface area contributed by atoms with Crippen LogP contribution in [0.2, 0.25) is 0 Å². The number of carbonyl (C=O) groups excluding carboxylic acids is 1. The Morgan fingerprint density at radius 1 is 1.04 bits per heavy atom. The first-order valence-corrected chi connectivity index (χ1v) is 11.2. The van der Waals surface area contributed by atoms with E-state index in [1.54, 1.807) is 0 Å². The highest BCUT2D eigenvalue weighted by Crippen LogP contribution is 2.46. The van der Waals surface area contributed by atoms with Crippen molar-refractivity contribution in [3.05, 3.63) is 35.9 Å². The molecule has 142 valence electrons. The molecule has 0 bridgehead atoms. The Balaban J connectivity index is 2.06. The number of amides is 1. The van der Waals surface area contributed by atoms with Crippen LogP contribution in [0.5, 0.6) is 0 Å². The standard InChI is InChI=1S/C14H23NO8P2/c16-14(22-12-13-6-2-1-3-7-13)15-8-4-5-9-23-25(20,21)11-10-24(17,18)19/h1-3,6-7H,4-5,8-12H2,(H,15,16)(H,20,21)(H2,17,18,19). The van der Waals surface area contributed by atoms with Crippen LogP contribution in [-0.4, -0.2) is 46.2 Å². The van der Waals surface area contributed by atoms with Crippen LogP contribution in [0, 0.1) is 0 Å². The van der Waals surface area contributed by atoms with Gasteiger partial charge in [0.15, 0.2) is 0 Å². The van der Waals surface area contributed by atoms with Crippen molar-refractivity contribution in [2.45, 2.75) is 19.4 Å². The lowest BCUT2D eigenvalue weighted by Crippen LogP contribution is -2.25. The lowest BCUT2D eigenvalue weighted by Gasteiger charge is -2.12. The number of hydrogen-bond acceptors (Lipinski definition) is 5. The van der Waals surface area contributed by atoms with E-state index in [1.165, 1.54) is 0 Å². The number of nitrogens with one attached hydrogen (secondary N) is 1. The average Bonchev–Trinajstić information content (AvgIpc) is 2.55. The number of rotatable bonds is 11. The summed E-state index contributed by atoms with van der Waals surface area (Å²) >= 11 is 0. The van der Waals surface area contributed by atoms with Crippen LogP contribution in [-0.2, 0) is 25.0 Å². The molecular weight excluding hydrogens is 372 g/mol. The summed E-state index contributed by atoms with van der Waals surface area (Å²) in [6, 6.07) is 9.23. The van der Waals surface area contributed by atoms with Gasteiger partial charge >= 0.3 is 21.3 Å². The van der Waals surface area contributed by atoms with Gasteiger partial charge in [0.25, 0.3) is 0 Å². The van der Waals surface area contributed by atoms with Crippen LogP contribution in [0.25, 0.3) is 0 Å². The molecule has 25 heavy (non-hydrogen) atoms. The van der Waals surface area contributed by atoms with Crippen molar-refractivity contribution in [1.82, 2.24) is 5.32 Å². The Morgan fingerprint density at radius 2 is 1.72 bits per heavy atom. The molecule has 0 radical (unpaired) electrons. The smallest absolute Gasteiger partial charge is 0.407 e. The molecule has 0 fully saturated rings. The third-order valence-corrected chi connectivity index (χ3v) is 5.55. The molecule has 11 heteroatoms. The maximum atomic E-state index is 11.5. The highest BCUT2D eigenvalue weighted by molar-refractivity contribution is 7.56. The molecule has 1 atom stereocenters. The van der Waals surface area contributed by atoms with Gasteiger partial charge < -0.3 is 29.3 Å². The molecule has 1 amide bonds. The van der Waals surface area contributed by atoms with Crippen molar-refractivity contribution in [3.63, 3.8) is 0 Å². The average molecular weight is 395 g/mol. The zero-order chi connectivity index (χ0) is 18.8. The quantitative estimate of drug-likeness (QED) is 0.329. The van der Waals surface area contributed by atoms with E-state index in [-0.39, 0.29) is 13.2 Å². The zero-order valence-electron chi connectivity index (χ0n) is 13.6. The van der Waals surface area contributed by atoms with Crippen LogP contribution in [0.3, 0.4) is 0 Å². The number of carbonyl (C=O) groups is 1. The van der Waals surface area contributed by atoms with E-state index >= 15 is 0 Å². The molecule has 1 unspecified atom stereocenters. The Bertz CT molecular complexity index is 619. The lowest BCUT2D eigenvalue weighted by molar-refractivity contribution is 0.139. The fraction of sp³-hybridized carbons (Fsp3) is 0.500. The molecule has 0 saturated carbocycles. The fourth-order valence-corrected chi connectivity index (χ4v) is 4.32. The Morgan fingerprint density at radius 3 is 2.36 bits per heavy atom. The summed E-state index contributed by atoms with van der Waals surface area (Å²) < 4.78 is 32.0. The van der Waals surface area contributed by atoms with Gasteiger partial charge in [0.2, 0.25) is 0 Å². The van der Waals surface area contributed by atoms with E-state index in [9.17, 15) is 18.8 Å². The maximum Gasteiger partial charge on any atom is 0.407 e. The van der Waals surface area contributed by atoms with Crippen molar-refractivity contribution in [1.29, 1.82) is 0 Å². The molecule has 0 heterocycles. The highest BCUT2D eigenvalue weighted by atomic mass is 31.2. The molecule has 0 saturated heterocycles. The van der Waals surface area contributed by atoms with Crippen LogP contribution >= 0.6 is 15.2 Å². The first kappa shape index (κ1) is 21.8. The first-order chi connectivity index (χ1) is 11.7. The summed E-state index contributed by atoms with van der Waals surface area (Å²) in [7, 11) is -8.33. The molecule has 1 aromatic carbocycles. The molecule has 0 spiro atoms. The van der Waals surface area contributed by atoms with Gasteiger partial charge in [-0.3, -0.25) is 9.13 Å². The van der Waals surface area contributed by atoms with E-state index in [0.29, 0.717) is 19.4 Å². The van der Waals surface area contributed by atoms with Gasteiger partial charge in [-0.05, 0) is 18.4 Å². The number of hydrogen-bond donors (Lipinski definition) is 4. The second-order valence-corrected chi connectivity index (χ2v) is 9.04. The number of ether oxygens (including phenoxy) is 1. The van der Waals surface area contributed by atoms with Gasteiger partial charge in [0.1, 0.15) is 6.61 Å². The topological polar surface area (TPSA) is 142 Å². The SMILES string of the molecule is O=C(NCCCCOP(=O)(O)CCP(=O)(O)O)OCc1ccccc1. The first-order valence-electron chi connectivity index (χ1n) is 7.63. The van der Waals surface area contributed by atoms with Gasteiger partial charge in [-0.25, -0.2) is 4.79 Å². The largest absolute Gasteiger partial charge is 0.445 e. The second-order valence-electron chi connectivity index (χ2n) is 5.28. The zero-order valence-corrected chi connectivity index (χ0v) is 15.4. The van der Waals surface area contributed by atoms with Crippen LogP contribution in [0.4, 0.5) is 4.79 Å². The summed E-state index contributed by atoms with van der Waals surface area (Å²) in [5.74, 6) is 0. The van der Waals surface area contributed by atoms with E-state index in [4.69, 9.17) is 19.0 Å². The molecule has 9 nitrogen and oxygen atoms in total. The van der Waals surface area contributed by atoms with Crippen molar-refractivity contribution in [2.75, 3.05) is 25.5 Å². The van der Waals surface area contributed by atoms with Crippen LogP contribution < -0.4 is 5.32 Å². The van der Waals surface area contributed by atoms with Gasteiger partial charge in [-0.1, -0.05) is 30.3 Å². The van der Waals surface area contributed by atoms with Crippen molar-refractivity contribution in [3.8, 4) is 0 Å². The summed E-state index contributed by atoms with van der Waals surface area (Å²) in [5, 5.41) is 2.54. The van der Waals surface area contributed by atoms with Gasteiger partial charge in [0.05, 0.1) is 18.9 Å². The molecule has 0 aliphatic rings. The van der Waals surface area contributed by atoms with E-state index < -0.39 is 33.6 Å². The second kappa shape index (κ2) is 10.7.